The number of carbonyl (C=O) groups excluding carboxylic acids is 1. The molecule has 0 atom stereocenters. The van der Waals surface area contributed by atoms with E-state index in [0.29, 0.717) is 38.4 Å². The molecule has 0 aliphatic carbocycles. The molecule has 1 aliphatic rings. The number of piperazine rings is 1. The van der Waals surface area contributed by atoms with Gasteiger partial charge in [0.05, 0.1) is 12.8 Å². The first kappa shape index (κ1) is 17.4. The number of hydrogen-bond donors (Lipinski definition) is 0. The number of nitrogens with zero attached hydrogens (tertiary/aromatic N) is 3. The minimum absolute atomic E-state index is 0.0801. The molecule has 1 fully saturated rings. The number of amides is 1. The lowest BCUT2D eigenvalue weighted by Crippen LogP contribution is -2.49. The average molecular weight is 367 g/mol. The summed E-state index contributed by atoms with van der Waals surface area (Å²) in [7, 11) is 1.64. The Hall–Kier alpha value is -3.02. The molecule has 0 saturated carbocycles. The molecule has 3 aromatic rings. The van der Waals surface area contributed by atoms with Crippen molar-refractivity contribution in [1.82, 2.24) is 9.47 Å². The van der Waals surface area contributed by atoms with Gasteiger partial charge in [-0.05, 0) is 36.4 Å². The summed E-state index contributed by atoms with van der Waals surface area (Å²) < 4.78 is 21.2. The minimum Gasteiger partial charge on any atom is -0.497 e. The van der Waals surface area contributed by atoms with E-state index in [0.717, 1.165) is 16.7 Å². The van der Waals surface area contributed by atoms with Gasteiger partial charge in [0.25, 0.3) is 0 Å². The van der Waals surface area contributed by atoms with Gasteiger partial charge in [0.15, 0.2) is 0 Å². The van der Waals surface area contributed by atoms with Crippen LogP contribution in [0, 0.1) is 5.82 Å². The molecule has 5 nitrogen and oxygen atoms in total. The summed E-state index contributed by atoms with van der Waals surface area (Å²) >= 11 is 0. The zero-order chi connectivity index (χ0) is 18.8. The highest BCUT2D eigenvalue weighted by atomic mass is 19.1. The summed E-state index contributed by atoms with van der Waals surface area (Å²) in [6.45, 7) is 2.77. The predicted molar refractivity (Wildman–Crippen MR) is 104 cm³/mol. The number of para-hydroxylation sites is 1. The molecule has 0 bridgehead atoms. The maximum atomic E-state index is 13.9. The summed E-state index contributed by atoms with van der Waals surface area (Å²) in [5, 5.41) is 1.05. The van der Waals surface area contributed by atoms with Gasteiger partial charge in [-0.3, -0.25) is 4.79 Å². The van der Waals surface area contributed by atoms with Crippen molar-refractivity contribution in [3.05, 3.63) is 60.5 Å². The first-order valence-corrected chi connectivity index (χ1v) is 9.06. The monoisotopic (exact) mass is 367 g/mol. The van der Waals surface area contributed by atoms with Crippen molar-refractivity contribution in [1.29, 1.82) is 0 Å². The van der Waals surface area contributed by atoms with Crippen LogP contribution in [-0.2, 0) is 11.3 Å². The summed E-state index contributed by atoms with van der Waals surface area (Å²) in [6.07, 6.45) is 1.93. The number of hydrogen-bond acceptors (Lipinski definition) is 3. The van der Waals surface area contributed by atoms with Gasteiger partial charge < -0.3 is 19.1 Å². The summed E-state index contributed by atoms with van der Waals surface area (Å²) in [5.74, 6) is 0.666. The number of benzene rings is 2. The molecule has 4 rings (SSSR count). The number of methoxy groups -OCH3 is 1. The lowest BCUT2D eigenvalue weighted by Gasteiger charge is -2.36. The fourth-order valence-electron chi connectivity index (χ4n) is 3.59. The third kappa shape index (κ3) is 3.47. The van der Waals surface area contributed by atoms with E-state index in [4.69, 9.17) is 4.74 Å². The van der Waals surface area contributed by atoms with Gasteiger partial charge in [-0.2, -0.15) is 0 Å². The number of ether oxygens (including phenoxy) is 1. The average Bonchev–Trinajstić information content (AvgIpc) is 3.10. The van der Waals surface area contributed by atoms with Crippen LogP contribution in [0.1, 0.15) is 0 Å². The highest BCUT2D eigenvalue weighted by Crippen LogP contribution is 2.23. The zero-order valence-corrected chi connectivity index (χ0v) is 15.3. The lowest BCUT2D eigenvalue weighted by molar-refractivity contribution is -0.132. The molecular formula is C21H22FN3O2. The van der Waals surface area contributed by atoms with E-state index in [1.807, 2.05) is 50.9 Å². The third-order valence-corrected chi connectivity index (χ3v) is 5.11. The molecule has 1 aromatic heterocycles. The fraction of sp³-hybridized carbons (Fsp3) is 0.286. The molecule has 2 aromatic carbocycles. The Balaban J connectivity index is 1.41. The summed E-state index contributed by atoms with van der Waals surface area (Å²) in [5.41, 5.74) is 1.61. The second-order valence-corrected chi connectivity index (χ2v) is 6.69. The SMILES string of the molecule is COc1ccc2c(ccn2CC(=O)N2CCN(c3ccccc3F)CC2)c1. The molecule has 0 spiro atoms. The van der Waals surface area contributed by atoms with Crippen molar-refractivity contribution >= 4 is 22.5 Å². The standard InChI is InChI=1S/C21H22FN3O2/c1-27-17-6-7-19-16(14-17)8-9-25(19)15-21(26)24-12-10-23(11-13-24)20-5-3-2-4-18(20)22/h2-9,14H,10-13,15H2,1H3. The van der Waals surface area contributed by atoms with Crippen molar-refractivity contribution in [2.45, 2.75) is 6.54 Å². The van der Waals surface area contributed by atoms with Crippen LogP contribution in [-0.4, -0.2) is 48.7 Å². The van der Waals surface area contributed by atoms with Gasteiger partial charge >= 0.3 is 0 Å². The van der Waals surface area contributed by atoms with Crippen LogP contribution >= 0.6 is 0 Å². The Morgan fingerprint density at radius 3 is 2.59 bits per heavy atom. The normalized spacial score (nSPS) is 14.6. The highest BCUT2D eigenvalue weighted by molar-refractivity contribution is 5.84. The van der Waals surface area contributed by atoms with Gasteiger partial charge in [0.1, 0.15) is 18.1 Å². The molecule has 1 aliphatic heterocycles. The van der Waals surface area contributed by atoms with E-state index in [1.165, 1.54) is 6.07 Å². The molecule has 1 saturated heterocycles. The Bertz CT molecular complexity index is 961. The molecule has 0 unspecified atom stereocenters. The summed E-state index contributed by atoms with van der Waals surface area (Å²) in [6, 6.07) is 14.6. The topological polar surface area (TPSA) is 37.7 Å². The highest BCUT2D eigenvalue weighted by Gasteiger charge is 2.23. The molecule has 140 valence electrons. The van der Waals surface area contributed by atoms with Crippen LogP contribution in [0.5, 0.6) is 5.75 Å². The number of halogens is 1. The number of fused-ring (bicyclic) bond motifs is 1. The van der Waals surface area contributed by atoms with Crippen LogP contribution in [0.25, 0.3) is 10.9 Å². The zero-order valence-electron chi connectivity index (χ0n) is 15.3. The predicted octanol–water partition coefficient (Wildman–Crippen LogP) is 3.14. The third-order valence-electron chi connectivity index (χ3n) is 5.11. The van der Waals surface area contributed by atoms with Crippen LogP contribution in [0.2, 0.25) is 0 Å². The first-order chi connectivity index (χ1) is 13.2. The number of rotatable bonds is 4. The van der Waals surface area contributed by atoms with E-state index in [9.17, 15) is 9.18 Å². The van der Waals surface area contributed by atoms with E-state index < -0.39 is 0 Å². The lowest BCUT2D eigenvalue weighted by atomic mass is 10.2. The van der Waals surface area contributed by atoms with E-state index in [1.54, 1.807) is 19.2 Å². The Morgan fingerprint density at radius 1 is 1.07 bits per heavy atom. The largest absolute Gasteiger partial charge is 0.497 e. The molecular weight excluding hydrogens is 345 g/mol. The second-order valence-electron chi connectivity index (χ2n) is 6.69. The number of carbonyl (C=O) groups is 1. The van der Waals surface area contributed by atoms with Crippen molar-refractivity contribution in [2.24, 2.45) is 0 Å². The van der Waals surface area contributed by atoms with Gasteiger partial charge in [-0.1, -0.05) is 12.1 Å². The minimum atomic E-state index is -0.216. The Labute approximate surface area is 157 Å². The van der Waals surface area contributed by atoms with Crippen LogP contribution < -0.4 is 9.64 Å². The maximum absolute atomic E-state index is 13.9. The van der Waals surface area contributed by atoms with Crippen LogP contribution in [0.15, 0.2) is 54.7 Å². The number of aromatic nitrogens is 1. The Kier molecular flexibility index (Phi) is 4.71. The van der Waals surface area contributed by atoms with Gasteiger partial charge in [0.2, 0.25) is 5.91 Å². The van der Waals surface area contributed by atoms with Gasteiger partial charge in [-0.25, -0.2) is 4.39 Å². The summed E-state index contributed by atoms with van der Waals surface area (Å²) in [4.78, 5) is 16.6. The second kappa shape index (κ2) is 7.31. The van der Waals surface area contributed by atoms with Crippen molar-refractivity contribution in [2.75, 3.05) is 38.2 Å². The number of anilines is 1. The molecule has 27 heavy (non-hydrogen) atoms. The van der Waals surface area contributed by atoms with Crippen molar-refractivity contribution < 1.29 is 13.9 Å². The van der Waals surface area contributed by atoms with Crippen molar-refractivity contribution in [3.63, 3.8) is 0 Å². The molecule has 2 heterocycles. The fourth-order valence-corrected chi connectivity index (χ4v) is 3.59. The molecule has 0 N–H and O–H groups in total. The Morgan fingerprint density at radius 2 is 1.85 bits per heavy atom. The molecule has 6 heteroatoms. The molecule has 1 amide bonds. The van der Waals surface area contributed by atoms with E-state index >= 15 is 0 Å². The van der Waals surface area contributed by atoms with Crippen LogP contribution in [0.4, 0.5) is 10.1 Å². The van der Waals surface area contributed by atoms with Gasteiger partial charge in [0, 0.05) is 43.3 Å². The quantitative estimate of drug-likeness (QED) is 0.711. The molecule has 0 radical (unpaired) electrons. The van der Waals surface area contributed by atoms with Crippen molar-refractivity contribution in [3.8, 4) is 5.75 Å². The van der Waals surface area contributed by atoms with Crippen LogP contribution in [0.3, 0.4) is 0 Å². The smallest absolute Gasteiger partial charge is 0.242 e. The maximum Gasteiger partial charge on any atom is 0.242 e. The van der Waals surface area contributed by atoms with E-state index in [2.05, 4.69) is 0 Å². The van der Waals surface area contributed by atoms with E-state index in [-0.39, 0.29) is 11.7 Å². The first-order valence-electron chi connectivity index (χ1n) is 9.06. The van der Waals surface area contributed by atoms with Gasteiger partial charge in [-0.15, -0.1) is 0 Å².